The number of amides is 2. The van der Waals surface area contributed by atoms with Gasteiger partial charge in [-0.1, -0.05) is 24.3 Å². The fourth-order valence-electron chi connectivity index (χ4n) is 2.72. The van der Waals surface area contributed by atoms with E-state index in [0.29, 0.717) is 6.54 Å². The summed E-state index contributed by atoms with van der Waals surface area (Å²) in [5, 5.41) is 5.85. The van der Waals surface area contributed by atoms with E-state index in [1.165, 1.54) is 11.3 Å². The SMILES string of the molecule is CCN(CC)c1ccc(NC(=O)NCc2ccccc2C)c(C)c1.[Cl-]. The molecule has 0 fully saturated rings. The summed E-state index contributed by atoms with van der Waals surface area (Å²) < 4.78 is 0. The average Bonchev–Trinajstić information content (AvgIpc) is 2.57. The molecule has 0 aliphatic rings. The molecule has 2 aromatic carbocycles. The van der Waals surface area contributed by atoms with Crippen LogP contribution in [-0.2, 0) is 6.54 Å². The van der Waals surface area contributed by atoms with Crippen LogP contribution < -0.4 is 27.9 Å². The molecule has 0 atom stereocenters. The Balaban J connectivity index is 0.00000312. The predicted octanol–water partition coefficient (Wildman–Crippen LogP) is 1.48. The molecule has 2 N–H and O–H groups in total. The van der Waals surface area contributed by atoms with Gasteiger partial charge in [-0.3, -0.25) is 0 Å². The van der Waals surface area contributed by atoms with Gasteiger partial charge in [-0.25, -0.2) is 4.79 Å². The number of benzene rings is 2. The lowest BCUT2D eigenvalue weighted by Gasteiger charge is -2.22. The molecule has 0 spiro atoms. The van der Waals surface area contributed by atoms with Crippen LogP contribution >= 0.6 is 0 Å². The summed E-state index contributed by atoms with van der Waals surface area (Å²) in [7, 11) is 0. The lowest BCUT2D eigenvalue weighted by molar-refractivity contribution is -0.00000819. The van der Waals surface area contributed by atoms with Gasteiger partial charge in [0.05, 0.1) is 0 Å². The van der Waals surface area contributed by atoms with Crippen LogP contribution in [0.15, 0.2) is 42.5 Å². The second-order valence-electron chi connectivity index (χ2n) is 5.91. The highest BCUT2D eigenvalue weighted by Gasteiger charge is 2.08. The van der Waals surface area contributed by atoms with Gasteiger partial charge in [0.15, 0.2) is 0 Å². The monoisotopic (exact) mass is 360 g/mol. The Morgan fingerprint density at radius 2 is 1.68 bits per heavy atom. The molecule has 0 unspecified atom stereocenters. The Hall–Kier alpha value is -2.20. The van der Waals surface area contributed by atoms with Crippen molar-refractivity contribution in [3.63, 3.8) is 0 Å². The zero-order chi connectivity index (χ0) is 17.5. The lowest BCUT2D eigenvalue weighted by Crippen LogP contribution is -3.00. The molecule has 2 rings (SSSR count). The van der Waals surface area contributed by atoms with E-state index in [4.69, 9.17) is 0 Å². The van der Waals surface area contributed by atoms with Crippen LogP contribution in [0, 0.1) is 13.8 Å². The van der Waals surface area contributed by atoms with E-state index < -0.39 is 0 Å². The molecule has 0 saturated carbocycles. The topological polar surface area (TPSA) is 44.4 Å². The third kappa shape index (κ3) is 5.68. The smallest absolute Gasteiger partial charge is 0.319 e. The molecule has 0 radical (unpaired) electrons. The van der Waals surface area contributed by atoms with Crippen molar-refractivity contribution in [1.29, 1.82) is 0 Å². The van der Waals surface area contributed by atoms with E-state index in [2.05, 4.69) is 41.5 Å². The van der Waals surface area contributed by atoms with E-state index in [-0.39, 0.29) is 18.4 Å². The molecule has 2 amide bonds. The second kappa shape index (κ2) is 9.94. The number of carbonyl (C=O) groups excluding carboxylic acids is 1. The van der Waals surface area contributed by atoms with E-state index in [0.717, 1.165) is 29.9 Å². The summed E-state index contributed by atoms with van der Waals surface area (Å²) in [5.41, 5.74) is 5.39. The molecular formula is C20H27ClN3O-. The highest BCUT2D eigenvalue weighted by atomic mass is 35.5. The Morgan fingerprint density at radius 1 is 1.00 bits per heavy atom. The van der Waals surface area contributed by atoms with Crippen LogP contribution in [0.1, 0.15) is 30.5 Å². The van der Waals surface area contributed by atoms with E-state index >= 15 is 0 Å². The largest absolute Gasteiger partial charge is 1.00 e. The minimum Gasteiger partial charge on any atom is -1.00 e. The van der Waals surface area contributed by atoms with Crippen molar-refractivity contribution >= 4 is 17.4 Å². The molecule has 0 saturated heterocycles. The lowest BCUT2D eigenvalue weighted by atomic mass is 10.1. The van der Waals surface area contributed by atoms with Crippen molar-refractivity contribution in [2.45, 2.75) is 34.2 Å². The maximum Gasteiger partial charge on any atom is 0.319 e. The quantitative estimate of drug-likeness (QED) is 0.819. The first-order valence-corrected chi connectivity index (χ1v) is 8.50. The molecule has 4 nitrogen and oxygen atoms in total. The molecule has 0 bridgehead atoms. The number of hydrogen-bond donors (Lipinski definition) is 2. The molecule has 136 valence electrons. The van der Waals surface area contributed by atoms with Crippen molar-refractivity contribution < 1.29 is 17.2 Å². The first-order chi connectivity index (χ1) is 11.5. The van der Waals surface area contributed by atoms with Crippen LogP contribution in [0.3, 0.4) is 0 Å². The second-order valence-corrected chi connectivity index (χ2v) is 5.91. The molecule has 0 aliphatic heterocycles. The summed E-state index contributed by atoms with van der Waals surface area (Å²) >= 11 is 0. The number of nitrogens with zero attached hydrogens (tertiary/aromatic N) is 1. The van der Waals surface area contributed by atoms with Gasteiger partial charge >= 0.3 is 6.03 Å². The molecule has 0 aliphatic carbocycles. The summed E-state index contributed by atoms with van der Waals surface area (Å²) in [6, 6.07) is 14.0. The van der Waals surface area contributed by atoms with Gasteiger partial charge in [0, 0.05) is 31.0 Å². The van der Waals surface area contributed by atoms with Crippen molar-refractivity contribution in [3.8, 4) is 0 Å². The number of halogens is 1. The molecule has 0 heterocycles. The number of rotatable bonds is 6. The van der Waals surface area contributed by atoms with Gasteiger partial charge in [-0.05, 0) is 62.6 Å². The third-order valence-corrected chi connectivity index (χ3v) is 4.29. The third-order valence-electron chi connectivity index (χ3n) is 4.29. The van der Waals surface area contributed by atoms with Gasteiger partial charge in [-0.15, -0.1) is 0 Å². The van der Waals surface area contributed by atoms with Gasteiger partial charge in [-0.2, -0.15) is 0 Å². The predicted molar refractivity (Wildman–Crippen MR) is 102 cm³/mol. The Bertz CT molecular complexity index is 699. The van der Waals surface area contributed by atoms with Gasteiger partial charge < -0.3 is 27.9 Å². The van der Waals surface area contributed by atoms with Crippen LogP contribution in [0.4, 0.5) is 16.2 Å². The number of nitrogens with one attached hydrogen (secondary N) is 2. The Morgan fingerprint density at radius 3 is 2.28 bits per heavy atom. The summed E-state index contributed by atoms with van der Waals surface area (Å²) in [5.74, 6) is 0. The van der Waals surface area contributed by atoms with Crippen LogP contribution in [-0.4, -0.2) is 19.1 Å². The Labute approximate surface area is 157 Å². The minimum atomic E-state index is -0.183. The highest BCUT2D eigenvalue weighted by molar-refractivity contribution is 5.90. The summed E-state index contributed by atoms with van der Waals surface area (Å²) in [6.45, 7) is 10.8. The van der Waals surface area contributed by atoms with Crippen LogP contribution in [0.2, 0.25) is 0 Å². The van der Waals surface area contributed by atoms with Crippen molar-refractivity contribution in [2.75, 3.05) is 23.3 Å². The maximum atomic E-state index is 12.1. The van der Waals surface area contributed by atoms with Crippen LogP contribution in [0.25, 0.3) is 0 Å². The van der Waals surface area contributed by atoms with Gasteiger partial charge in [0.25, 0.3) is 0 Å². The fourth-order valence-corrected chi connectivity index (χ4v) is 2.72. The number of hydrogen-bond acceptors (Lipinski definition) is 2. The first-order valence-electron chi connectivity index (χ1n) is 8.50. The number of urea groups is 1. The van der Waals surface area contributed by atoms with E-state index in [1.54, 1.807) is 0 Å². The minimum absolute atomic E-state index is 0. The highest BCUT2D eigenvalue weighted by Crippen LogP contribution is 2.22. The molecular weight excluding hydrogens is 334 g/mol. The van der Waals surface area contributed by atoms with Gasteiger partial charge in [0.1, 0.15) is 0 Å². The van der Waals surface area contributed by atoms with Crippen molar-refractivity contribution in [3.05, 3.63) is 59.2 Å². The molecule has 5 heteroatoms. The number of carbonyl (C=O) groups is 1. The van der Waals surface area contributed by atoms with Crippen molar-refractivity contribution in [2.24, 2.45) is 0 Å². The standard InChI is InChI=1S/C20H27N3O.ClH/c1-5-23(6-2)18-11-12-19(16(4)13-18)22-20(24)21-14-17-10-8-7-9-15(17)3;/h7-13H,5-6,14H2,1-4H3,(H2,21,22,24);1H/p-1. The summed E-state index contributed by atoms with van der Waals surface area (Å²) in [4.78, 5) is 14.4. The van der Waals surface area contributed by atoms with Crippen LogP contribution in [0.5, 0.6) is 0 Å². The fraction of sp³-hybridized carbons (Fsp3) is 0.350. The maximum absolute atomic E-state index is 12.1. The number of aryl methyl sites for hydroxylation is 2. The van der Waals surface area contributed by atoms with E-state index in [1.807, 2.05) is 44.2 Å². The zero-order valence-corrected chi connectivity index (χ0v) is 16.2. The van der Waals surface area contributed by atoms with Gasteiger partial charge in [0.2, 0.25) is 0 Å². The Kier molecular flexibility index (Phi) is 8.29. The molecule has 25 heavy (non-hydrogen) atoms. The zero-order valence-electron chi connectivity index (χ0n) is 15.4. The molecule has 2 aromatic rings. The average molecular weight is 361 g/mol. The summed E-state index contributed by atoms with van der Waals surface area (Å²) in [6.07, 6.45) is 0. The molecule has 0 aromatic heterocycles. The number of anilines is 2. The van der Waals surface area contributed by atoms with E-state index in [9.17, 15) is 4.79 Å². The van der Waals surface area contributed by atoms with Crippen molar-refractivity contribution in [1.82, 2.24) is 5.32 Å². The first kappa shape index (κ1) is 20.8. The normalized spacial score (nSPS) is 9.92.